The van der Waals surface area contributed by atoms with Gasteiger partial charge >= 0.3 is 0 Å². The van der Waals surface area contributed by atoms with Crippen molar-refractivity contribution in [3.05, 3.63) is 65.4 Å². The highest BCUT2D eigenvalue weighted by atomic mass is 32.2. The molecule has 4 rings (SSSR count). The largest absolute Gasteiger partial charge is 0.337 e. The predicted octanol–water partition coefficient (Wildman–Crippen LogP) is 4.69. The fraction of sp³-hybridized carbons (Fsp3) is 0.333. The zero-order valence-corrected chi connectivity index (χ0v) is 19.6. The van der Waals surface area contributed by atoms with Gasteiger partial charge < -0.3 is 4.90 Å². The summed E-state index contributed by atoms with van der Waals surface area (Å²) >= 11 is 1.80. The number of thioether (sulfide) groups is 1. The highest BCUT2D eigenvalue weighted by Crippen LogP contribution is 2.33. The van der Waals surface area contributed by atoms with Gasteiger partial charge in [0.1, 0.15) is 0 Å². The topological polar surface area (TPSA) is 67.3 Å². The Labute approximate surface area is 187 Å². The number of benzene rings is 2. The molecule has 1 fully saturated rings. The standard InChI is InChI=1S/C24H26N2O3S2/c1-16(2)18-5-7-19(8-6-18)31(28,29)23-20-14-17(3)4-9-22(20)25-15-21(23)24(27)26-10-12-30-13-11-26/h4-9,14-16H,10-13H2,1-3H3. The van der Waals surface area contributed by atoms with E-state index in [0.717, 1.165) is 22.6 Å². The normalized spacial score (nSPS) is 14.9. The molecule has 1 amide bonds. The van der Waals surface area contributed by atoms with E-state index in [0.29, 0.717) is 29.9 Å². The van der Waals surface area contributed by atoms with Crippen LogP contribution in [-0.2, 0) is 9.84 Å². The van der Waals surface area contributed by atoms with Gasteiger partial charge in [0.15, 0.2) is 0 Å². The Morgan fingerprint density at radius 3 is 2.39 bits per heavy atom. The Kier molecular flexibility index (Phi) is 6.08. The Hall–Kier alpha value is -2.38. The number of nitrogens with zero attached hydrogens (tertiary/aromatic N) is 2. The van der Waals surface area contributed by atoms with Crippen molar-refractivity contribution in [1.82, 2.24) is 9.88 Å². The van der Waals surface area contributed by atoms with Crippen LogP contribution in [0.2, 0.25) is 0 Å². The molecule has 0 atom stereocenters. The van der Waals surface area contributed by atoms with Gasteiger partial charge in [-0.1, -0.05) is 37.6 Å². The highest BCUT2D eigenvalue weighted by Gasteiger charge is 2.30. The minimum atomic E-state index is -3.93. The molecular formula is C24H26N2O3S2. The number of carbonyl (C=O) groups excluding carboxylic acids is 1. The van der Waals surface area contributed by atoms with Crippen molar-refractivity contribution >= 4 is 38.4 Å². The van der Waals surface area contributed by atoms with Crippen LogP contribution in [0.3, 0.4) is 0 Å². The third kappa shape index (κ3) is 4.21. The predicted molar refractivity (Wildman–Crippen MR) is 126 cm³/mol. The number of aryl methyl sites for hydroxylation is 1. The van der Waals surface area contributed by atoms with Gasteiger partial charge in [0, 0.05) is 36.2 Å². The summed E-state index contributed by atoms with van der Waals surface area (Å²) < 4.78 is 27.7. The summed E-state index contributed by atoms with van der Waals surface area (Å²) in [6, 6.07) is 12.5. The summed E-state index contributed by atoms with van der Waals surface area (Å²) in [5.41, 5.74) is 2.70. The molecule has 3 aromatic rings. The number of rotatable bonds is 4. The molecule has 31 heavy (non-hydrogen) atoms. The van der Waals surface area contributed by atoms with Crippen LogP contribution in [-0.4, -0.2) is 48.8 Å². The number of fused-ring (bicyclic) bond motifs is 1. The van der Waals surface area contributed by atoms with Crippen LogP contribution in [0.1, 0.15) is 41.3 Å². The van der Waals surface area contributed by atoms with Gasteiger partial charge in [0.2, 0.25) is 9.84 Å². The van der Waals surface area contributed by atoms with Crippen molar-refractivity contribution in [3.8, 4) is 0 Å². The van der Waals surface area contributed by atoms with Gasteiger partial charge in [-0.25, -0.2) is 8.42 Å². The lowest BCUT2D eigenvalue weighted by molar-refractivity contribution is 0.0768. The third-order valence-electron chi connectivity index (χ3n) is 5.63. The number of pyridine rings is 1. The van der Waals surface area contributed by atoms with E-state index in [4.69, 9.17) is 0 Å². The number of aromatic nitrogens is 1. The summed E-state index contributed by atoms with van der Waals surface area (Å²) in [5, 5.41) is 0.491. The zero-order chi connectivity index (χ0) is 22.2. The van der Waals surface area contributed by atoms with E-state index in [1.807, 2.05) is 25.1 Å². The fourth-order valence-electron chi connectivity index (χ4n) is 3.81. The van der Waals surface area contributed by atoms with Crippen molar-refractivity contribution in [2.24, 2.45) is 0 Å². The summed E-state index contributed by atoms with van der Waals surface area (Å²) in [4.78, 5) is 19.8. The lowest BCUT2D eigenvalue weighted by atomic mass is 10.0. The van der Waals surface area contributed by atoms with E-state index < -0.39 is 9.84 Å². The number of hydrogen-bond donors (Lipinski definition) is 0. The van der Waals surface area contributed by atoms with Crippen molar-refractivity contribution in [1.29, 1.82) is 0 Å². The minimum Gasteiger partial charge on any atom is -0.337 e. The van der Waals surface area contributed by atoms with Crippen LogP contribution < -0.4 is 0 Å². The molecule has 5 nitrogen and oxygen atoms in total. The first-order valence-corrected chi connectivity index (χ1v) is 13.0. The minimum absolute atomic E-state index is 0.0572. The van der Waals surface area contributed by atoms with Crippen LogP contribution in [0.15, 0.2) is 58.5 Å². The molecule has 0 unspecified atom stereocenters. The van der Waals surface area contributed by atoms with E-state index in [2.05, 4.69) is 18.8 Å². The van der Waals surface area contributed by atoms with Crippen molar-refractivity contribution in [2.45, 2.75) is 36.5 Å². The Morgan fingerprint density at radius 2 is 1.74 bits per heavy atom. The molecule has 1 saturated heterocycles. The SMILES string of the molecule is Cc1ccc2ncc(C(=O)N3CCSCC3)c(S(=O)(=O)c3ccc(C(C)C)cc3)c2c1. The van der Waals surface area contributed by atoms with Crippen LogP contribution >= 0.6 is 11.8 Å². The molecule has 1 aliphatic heterocycles. The van der Waals surface area contributed by atoms with Crippen molar-refractivity contribution < 1.29 is 13.2 Å². The molecule has 1 aliphatic rings. The van der Waals surface area contributed by atoms with Gasteiger partial charge in [-0.3, -0.25) is 9.78 Å². The van der Waals surface area contributed by atoms with E-state index in [1.165, 1.54) is 6.20 Å². The van der Waals surface area contributed by atoms with Crippen LogP contribution in [0.25, 0.3) is 10.9 Å². The Balaban J connectivity index is 1.93. The molecule has 2 heterocycles. The van der Waals surface area contributed by atoms with Crippen LogP contribution in [0.5, 0.6) is 0 Å². The fourth-order valence-corrected chi connectivity index (χ4v) is 6.33. The Bertz CT molecular complexity index is 1230. The number of sulfone groups is 1. The quantitative estimate of drug-likeness (QED) is 0.572. The smallest absolute Gasteiger partial charge is 0.256 e. The van der Waals surface area contributed by atoms with Crippen molar-refractivity contribution in [3.63, 3.8) is 0 Å². The number of carbonyl (C=O) groups is 1. The van der Waals surface area contributed by atoms with Crippen LogP contribution in [0, 0.1) is 6.92 Å². The second-order valence-electron chi connectivity index (χ2n) is 8.15. The average Bonchev–Trinajstić information content (AvgIpc) is 2.78. The average molecular weight is 455 g/mol. The number of hydrogen-bond acceptors (Lipinski definition) is 5. The molecule has 0 spiro atoms. The van der Waals surface area contributed by atoms with E-state index in [1.54, 1.807) is 40.9 Å². The summed E-state index contributed by atoms with van der Waals surface area (Å²) in [5.74, 6) is 1.73. The molecule has 1 aromatic heterocycles. The lowest BCUT2D eigenvalue weighted by Gasteiger charge is -2.27. The maximum atomic E-state index is 13.8. The van der Waals surface area contributed by atoms with Crippen molar-refractivity contribution in [2.75, 3.05) is 24.6 Å². The molecule has 2 aromatic carbocycles. The first-order valence-electron chi connectivity index (χ1n) is 10.4. The van der Waals surface area contributed by atoms with Gasteiger partial charge in [0.05, 0.1) is 20.9 Å². The third-order valence-corrected chi connectivity index (χ3v) is 8.44. The zero-order valence-electron chi connectivity index (χ0n) is 18.0. The van der Waals surface area contributed by atoms with Gasteiger partial charge in [-0.05, 0) is 42.7 Å². The first-order chi connectivity index (χ1) is 14.8. The number of amides is 1. The molecular weight excluding hydrogens is 428 g/mol. The monoisotopic (exact) mass is 454 g/mol. The lowest BCUT2D eigenvalue weighted by Crippen LogP contribution is -2.38. The first kappa shape index (κ1) is 21.8. The molecule has 0 aliphatic carbocycles. The van der Waals surface area contributed by atoms with Gasteiger partial charge in [-0.15, -0.1) is 0 Å². The summed E-state index contributed by atoms with van der Waals surface area (Å²) in [6.07, 6.45) is 1.43. The molecule has 0 bridgehead atoms. The van der Waals surface area contributed by atoms with E-state index >= 15 is 0 Å². The summed E-state index contributed by atoms with van der Waals surface area (Å²) in [7, 11) is -3.93. The summed E-state index contributed by atoms with van der Waals surface area (Å²) in [6.45, 7) is 7.26. The molecule has 0 N–H and O–H groups in total. The molecule has 162 valence electrons. The maximum absolute atomic E-state index is 13.8. The van der Waals surface area contributed by atoms with Gasteiger partial charge in [0.25, 0.3) is 5.91 Å². The van der Waals surface area contributed by atoms with E-state index in [-0.39, 0.29) is 21.3 Å². The Morgan fingerprint density at radius 1 is 1.06 bits per heavy atom. The second kappa shape index (κ2) is 8.63. The highest BCUT2D eigenvalue weighted by molar-refractivity contribution is 7.99. The van der Waals surface area contributed by atoms with Gasteiger partial charge in [-0.2, -0.15) is 11.8 Å². The molecule has 0 radical (unpaired) electrons. The van der Waals surface area contributed by atoms with Crippen LogP contribution in [0.4, 0.5) is 0 Å². The second-order valence-corrected chi connectivity index (χ2v) is 11.3. The molecule has 0 saturated carbocycles. The maximum Gasteiger partial charge on any atom is 0.256 e. The molecule has 7 heteroatoms. The van der Waals surface area contributed by atoms with E-state index in [9.17, 15) is 13.2 Å².